The normalized spacial score (nSPS) is 10.1. The van der Waals surface area contributed by atoms with Gasteiger partial charge < -0.3 is 9.72 Å². The number of H-pyrrole nitrogens is 1. The second kappa shape index (κ2) is 5.81. The molecule has 0 aliphatic heterocycles. The minimum Gasteiger partial charge on any atom is -0.456 e. The number of aromatic nitrogens is 1. The number of halogens is 1. The van der Waals surface area contributed by atoms with E-state index in [0.29, 0.717) is 0 Å². The second-order valence-electron chi connectivity index (χ2n) is 3.63. The van der Waals surface area contributed by atoms with Crippen LogP contribution < -0.4 is 5.56 Å². The third-order valence-electron chi connectivity index (χ3n) is 2.27. The van der Waals surface area contributed by atoms with Gasteiger partial charge in [-0.05, 0) is 46.4 Å². The smallest absolute Gasteiger partial charge is 0.355 e. The molecule has 1 N–H and O–H groups in total. The van der Waals surface area contributed by atoms with Crippen molar-refractivity contribution in [3.05, 3.63) is 67.6 Å². The van der Waals surface area contributed by atoms with E-state index in [0.717, 1.165) is 9.13 Å². The van der Waals surface area contributed by atoms with Crippen molar-refractivity contribution in [1.82, 2.24) is 4.98 Å². The number of carbonyl (C=O) groups is 1. The predicted molar refractivity (Wildman–Crippen MR) is 75.3 cm³/mol. The van der Waals surface area contributed by atoms with Crippen molar-refractivity contribution >= 4 is 28.6 Å². The third-order valence-corrected chi connectivity index (χ3v) is 2.99. The number of ether oxygens (including phenoxy) is 1. The molecule has 2 aromatic rings. The summed E-state index contributed by atoms with van der Waals surface area (Å²) in [6.07, 6.45) is 0. The first-order chi connectivity index (χ1) is 8.65. The Hall–Kier alpha value is -1.63. The molecule has 0 amide bonds. The number of carbonyl (C=O) groups excluding carboxylic acids is 1. The lowest BCUT2D eigenvalue weighted by molar-refractivity contribution is 0.0465. The summed E-state index contributed by atoms with van der Waals surface area (Å²) in [7, 11) is 0. The van der Waals surface area contributed by atoms with Crippen LogP contribution in [-0.4, -0.2) is 11.0 Å². The van der Waals surface area contributed by atoms with E-state index >= 15 is 0 Å². The topological polar surface area (TPSA) is 59.2 Å². The molecule has 1 heterocycles. The highest BCUT2D eigenvalue weighted by atomic mass is 127. The third kappa shape index (κ3) is 3.43. The summed E-state index contributed by atoms with van der Waals surface area (Å²) in [5, 5.41) is 0. The molecule has 0 spiro atoms. The average molecular weight is 355 g/mol. The van der Waals surface area contributed by atoms with E-state index in [9.17, 15) is 9.59 Å². The molecule has 0 unspecified atom stereocenters. The van der Waals surface area contributed by atoms with Crippen LogP contribution in [-0.2, 0) is 11.3 Å². The Morgan fingerprint density at radius 1 is 1.17 bits per heavy atom. The monoisotopic (exact) mass is 355 g/mol. The Morgan fingerprint density at radius 3 is 2.56 bits per heavy atom. The van der Waals surface area contributed by atoms with Gasteiger partial charge in [-0.1, -0.05) is 18.2 Å². The molecule has 0 fully saturated rings. The fraction of sp³-hybridized carbons (Fsp3) is 0.0769. The van der Waals surface area contributed by atoms with Crippen molar-refractivity contribution in [2.75, 3.05) is 0 Å². The number of nitrogens with one attached hydrogen (secondary N) is 1. The van der Waals surface area contributed by atoms with Crippen molar-refractivity contribution in [2.45, 2.75) is 6.61 Å². The highest BCUT2D eigenvalue weighted by Gasteiger charge is 2.07. The zero-order valence-corrected chi connectivity index (χ0v) is 11.5. The maximum absolute atomic E-state index is 11.6. The van der Waals surface area contributed by atoms with Gasteiger partial charge in [0.2, 0.25) is 5.56 Å². The van der Waals surface area contributed by atoms with Gasteiger partial charge in [-0.15, -0.1) is 0 Å². The Labute approximate surface area is 117 Å². The van der Waals surface area contributed by atoms with Crippen LogP contribution in [0.4, 0.5) is 0 Å². The van der Waals surface area contributed by atoms with Gasteiger partial charge in [-0.25, -0.2) is 4.79 Å². The number of esters is 1. The van der Waals surface area contributed by atoms with Gasteiger partial charge in [-0.3, -0.25) is 4.79 Å². The maximum atomic E-state index is 11.6. The summed E-state index contributed by atoms with van der Waals surface area (Å²) in [4.78, 5) is 25.1. The zero-order chi connectivity index (χ0) is 13.0. The molecule has 0 bridgehead atoms. The number of aromatic amines is 1. The van der Waals surface area contributed by atoms with E-state index in [-0.39, 0.29) is 17.9 Å². The van der Waals surface area contributed by atoms with Crippen LogP contribution in [0.3, 0.4) is 0 Å². The first-order valence-electron chi connectivity index (χ1n) is 5.26. The lowest BCUT2D eigenvalue weighted by Crippen LogP contribution is -2.13. The standard InChI is InChI=1S/C13H10INO3/c14-10-6-4-9(5-7-10)8-18-13(17)11-2-1-3-12(16)15-11/h1-7H,8H2,(H,15,16). The van der Waals surface area contributed by atoms with E-state index in [1.165, 1.54) is 18.2 Å². The molecule has 0 aliphatic carbocycles. The number of hydrogen-bond donors (Lipinski definition) is 1. The Kier molecular flexibility index (Phi) is 4.14. The van der Waals surface area contributed by atoms with Crippen molar-refractivity contribution < 1.29 is 9.53 Å². The largest absolute Gasteiger partial charge is 0.456 e. The summed E-state index contributed by atoms with van der Waals surface area (Å²) in [6, 6.07) is 12.0. The molecule has 1 aromatic carbocycles. The maximum Gasteiger partial charge on any atom is 0.355 e. The predicted octanol–water partition coefficient (Wildman–Crippen LogP) is 2.34. The number of pyridine rings is 1. The van der Waals surface area contributed by atoms with E-state index < -0.39 is 5.97 Å². The van der Waals surface area contributed by atoms with Crippen LogP contribution in [0.5, 0.6) is 0 Å². The summed E-state index contributed by atoms with van der Waals surface area (Å²) < 4.78 is 6.22. The zero-order valence-electron chi connectivity index (χ0n) is 9.35. The molecule has 0 radical (unpaired) electrons. The molecule has 0 saturated heterocycles. The molecule has 92 valence electrons. The van der Waals surface area contributed by atoms with Crippen molar-refractivity contribution in [2.24, 2.45) is 0 Å². The van der Waals surface area contributed by atoms with Gasteiger partial charge in [0.05, 0.1) is 0 Å². The molecule has 0 aliphatic rings. The molecule has 18 heavy (non-hydrogen) atoms. The highest BCUT2D eigenvalue weighted by molar-refractivity contribution is 14.1. The highest BCUT2D eigenvalue weighted by Crippen LogP contribution is 2.08. The summed E-state index contributed by atoms with van der Waals surface area (Å²) in [6.45, 7) is 0.187. The van der Waals surface area contributed by atoms with Gasteiger partial charge >= 0.3 is 5.97 Å². The van der Waals surface area contributed by atoms with Gasteiger partial charge in [0.25, 0.3) is 0 Å². The minimum absolute atomic E-state index is 0.160. The van der Waals surface area contributed by atoms with Crippen molar-refractivity contribution in [3.8, 4) is 0 Å². The van der Waals surface area contributed by atoms with Gasteiger partial charge in [-0.2, -0.15) is 0 Å². The summed E-state index contributed by atoms with van der Waals surface area (Å²) >= 11 is 2.20. The van der Waals surface area contributed by atoms with E-state index in [4.69, 9.17) is 4.74 Å². The van der Waals surface area contributed by atoms with Crippen molar-refractivity contribution in [3.63, 3.8) is 0 Å². The number of rotatable bonds is 3. The fourth-order valence-corrected chi connectivity index (χ4v) is 1.73. The van der Waals surface area contributed by atoms with Crippen LogP contribution >= 0.6 is 22.6 Å². The molecular weight excluding hydrogens is 345 g/mol. The minimum atomic E-state index is -0.536. The average Bonchev–Trinajstić information content (AvgIpc) is 2.38. The lowest BCUT2D eigenvalue weighted by atomic mass is 10.2. The molecule has 4 nitrogen and oxygen atoms in total. The molecular formula is C13H10INO3. The van der Waals surface area contributed by atoms with Gasteiger partial charge in [0, 0.05) is 9.64 Å². The molecule has 1 aromatic heterocycles. The Morgan fingerprint density at radius 2 is 1.89 bits per heavy atom. The van der Waals surface area contributed by atoms with E-state index in [1.807, 2.05) is 24.3 Å². The quantitative estimate of drug-likeness (QED) is 0.679. The summed E-state index contributed by atoms with van der Waals surface area (Å²) in [5.41, 5.74) is 0.744. The van der Waals surface area contributed by atoms with E-state index in [1.54, 1.807) is 0 Å². The molecule has 0 atom stereocenters. The Balaban J connectivity index is 2.00. The fourth-order valence-electron chi connectivity index (χ4n) is 1.37. The van der Waals surface area contributed by atoms with Crippen molar-refractivity contribution in [1.29, 1.82) is 0 Å². The SMILES string of the molecule is O=C(OCc1ccc(I)cc1)c1cccc(=O)[nH]1. The molecule has 0 saturated carbocycles. The lowest BCUT2D eigenvalue weighted by Gasteiger charge is -2.04. The van der Waals surface area contributed by atoms with Crippen LogP contribution in [0.25, 0.3) is 0 Å². The Bertz CT molecular complexity index is 604. The van der Waals surface area contributed by atoms with Crippen LogP contribution in [0.15, 0.2) is 47.3 Å². The first kappa shape index (κ1) is 12.8. The van der Waals surface area contributed by atoms with Crippen LogP contribution in [0, 0.1) is 3.57 Å². The van der Waals surface area contributed by atoms with Gasteiger partial charge in [0.15, 0.2) is 0 Å². The molecule has 5 heteroatoms. The van der Waals surface area contributed by atoms with Gasteiger partial charge in [0.1, 0.15) is 12.3 Å². The first-order valence-corrected chi connectivity index (χ1v) is 6.34. The van der Waals surface area contributed by atoms with Crippen LogP contribution in [0.2, 0.25) is 0 Å². The molecule has 2 rings (SSSR count). The van der Waals surface area contributed by atoms with Crippen LogP contribution in [0.1, 0.15) is 16.1 Å². The number of hydrogen-bond acceptors (Lipinski definition) is 3. The summed E-state index contributed by atoms with van der Waals surface area (Å²) in [5.74, 6) is -0.536. The second-order valence-corrected chi connectivity index (χ2v) is 4.88. The van der Waals surface area contributed by atoms with E-state index in [2.05, 4.69) is 27.6 Å². The number of benzene rings is 1.